The Bertz CT molecular complexity index is 956. The summed E-state index contributed by atoms with van der Waals surface area (Å²) in [7, 11) is 0.0356. The number of sulfonamides is 1. The zero-order valence-electron chi connectivity index (χ0n) is 18.8. The van der Waals surface area contributed by atoms with Gasteiger partial charge >= 0.3 is 0 Å². The molecule has 0 atom stereocenters. The van der Waals surface area contributed by atoms with Crippen LogP contribution in [0.4, 0.5) is 5.69 Å². The summed E-state index contributed by atoms with van der Waals surface area (Å²) in [6.45, 7) is 3.46. The molecule has 1 aliphatic carbocycles. The Hall–Kier alpha value is -2.09. The molecule has 7 heteroatoms. The fourth-order valence-corrected chi connectivity index (χ4v) is 5.25. The van der Waals surface area contributed by atoms with E-state index in [9.17, 15) is 8.42 Å². The summed E-state index contributed by atoms with van der Waals surface area (Å²) < 4.78 is 39.6. The van der Waals surface area contributed by atoms with Crippen LogP contribution in [0.2, 0.25) is 0 Å². The second-order valence-corrected chi connectivity index (χ2v) is 9.92. The van der Waals surface area contributed by atoms with Crippen molar-refractivity contribution in [3.8, 4) is 5.75 Å². The summed E-state index contributed by atoms with van der Waals surface area (Å²) >= 11 is 0. The molecular formula is C24H34N2O4S. The van der Waals surface area contributed by atoms with Crippen LogP contribution in [0.3, 0.4) is 0 Å². The van der Waals surface area contributed by atoms with Gasteiger partial charge in [-0.3, -0.25) is 9.62 Å². The Morgan fingerprint density at radius 2 is 1.81 bits per heavy atom. The lowest BCUT2D eigenvalue weighted by atomic mass is 9.94. The van der Waals surface area contributed by atoms with E-state index in [1.54, 1.807) is 25.3 Å². The van der Waals surface area contributed by atoms with Crippen LogP contribution in [0.1, 0.15) is 43.2 Å². The van der Waals surface area contributed by atoms with Crippen LogP contribution in [-0.4, -0.2) is 46.7 Å². The average Bonchev–Trinajstić information content (AvgIpc) is 2.76. The Morgan fingerprint density at radius 1 is 1.06 bits per heavy atom. The van der Waals surface area contributed by atoms with Gasteiger partial charge in [0, 0.05) is 19.7 Å². The molecule has 0 aliphatic heterocycles. The predicted octanol–water partition coefficient (Wildman–Crippen LogP) is 4.59. The first-order valence-electron chi connectivity index (χ1n) is 10.9. The van der Waals surface area contributed by atoms with Crippen molar-refractivity contribution in [1.29, 1.82) is 0 Å². The molecule has 0 unspecified atom stereocenters. The van der Waals surface area contributed by atoms with E-state index in [0.717, 1.165) is 11.1 Å². The number of aryl methyl sites for hydroxylation is 1. The van der Waals surface area contributed by atoms with Gasteiger partial charge in [-0.2, -0.15) is 0 Å². The highest BCUT2D eigenvalue weighted by atomic mass is 32.2. The van der Waals surface area contributed by atoms with E-state index < -0.39 is 10.0 Å². The van der Waals surface area contributed by atoms with Gasteiger partial charge in [0.15, 0.2) is 0 Å². The molecule has 6 nitrogen and oxygen atoms in total. The van der Waals surface area contributed by atoms with Crippen molar-refractivity contribution in [3.63, 3.8) is 0 Å². The number of rotatable bonds is 10. The van der Waals surface area contributed by atoms with E-state index in [1.165, 1.54) is 32.1 Å². The maximum absolute atomic E-state index is 13.1. The predicted molar refractivity (Wildman–Crippen MR) is 124 cm³/mol. The van der Waals surface area contributed by atoms with Gasteiger partial charge in [-0.25, -0.2) is 8.42 Å². The summed E-state index contributed by atoms with van der Waals surface area (Å²) in [5.74, 6) is 0.658. The lowest BCUT2D eigenvalue weighted by Gasteiger charge is -2.31. The Labute approximate surface area is 186 Å². The molecule has 0 amide bonds. The molecule has 1 fully saturated rings. The Morgan fingerprint density at radius 3 is 2.52 bits per heavy atom. The maximum atomic E-state index is 13.1. The molecule has 1 aliphatic rings. The number of anilines is 1. The standard InChI is InChI=1S/C24H34N2O4S/c1-19-17-22(13-14-24(19)30-16-15-29-3)31(27,28)25-23-12-8-7-9-20(23)18-26(2)21-10-5-4-6-11-21/h7-9,12-14,17,21,25H,4-6,10-11,15-16,18H2,1-3H3. The van der Waals surface area contributed by atoms with Gasteiger partial charge in [-0.15, -0.1) is 0 Å². The second-order valence-electron chi connectivity index (χ2n) is 8.24. The number of ether oxygens (including phenoxy) is 2. The monoisotopic (exact) mass is 446 g/mol. The minimum Gasteiger partial charge on any atom is -0.491 e. The van der Waals surface area contributed by atoms with E-state index in [4.69, 9.17) is 9.47 Å². The second kappa shape index (κ2) is 11.0. The highest BCUT2D eigenvalue weighted by Crippen LogP contribution is 2.27. The fraction of sp³-hybridized carbons (Fsp3) is 0.500. The summed E-state index contributed by atoms with van der Waals surface area (Å²) in [5.41, 5.74) is 2.38. The van der Waals surface area contributed by atoms with Gasteiger partial charge in [0.25, 0.3) is 10.0 Å². The molecule has 0 saturated heterocycles. The van der Waals surface area contributed by atoms with Gasteiger partial charge in [0.05, 0.1) is 17.2 Å². The molecule has 3 rings (SSSR count). The van der Waals surface area contributed by atoms with Crippen LogP contribution >= 0.6 is 0 Å². The fourth-order valence-electron chi connectivity index (χ4n) is 4.07. The first-order chi connectivity index (χ1) is 14.9. The number of nitrogens with zero attached hydrogens (tertiary/aromatic N) is 1. The third-order valence-corrected chi connectivity index (χ3v) is 7.24. The van der Waals surface area contributed by atoms with Gasteiger partial charge in [-0.05, 0) is 62.2 Å². The van der Waals surface area contributed by atoms with Gasteiger partial charge in [-0.1, -0.05) is 37.5 Å². The van der Waals surface area contributed by atoms with Crippen molar-refractivity contribution in [2.24, 2.45) is 0 Å². The first-order valence-corrected chi connectivity index (χ1v) is 12.4. The Balaban J connectivity index is 1.73. The van der Waals surface area contributed by atoms with Crippen LogP contribution < -0.4 is 9.46 Å². The van der Waals surface area contributed by atoms with Crippen molar-refractivity contribution in [1.82, 2.24) is 4.90 Å². The molecule has 2 aromatic carbocycles. The molecule has 0 aromatic heterocycles. The molecule has 0 bridgehead atoms. The first kappa shape index (κ1) is 23.6. The average molecular weight is 447 g/mol. The number of benzene rings is 2. The number of hydrogen-bond donors (Lipinski definition) is 1. The Kier molecular flexibility index (Phi) is 8.35. The molecule has 1 saturated carbocycles. The number of para-hydroxylation sites is 1. The van der Waals surface area contributed by atoms with E-state index in [-0.39, 0.29) is 4.90 Å². The quantitative estimate of drug-likeness (QED) is 0.541. The van der Waals surface area contributed by atoms with Crippen molar-refractivity contribution in [3.05, 3.63) is 53.6 Å². The van der Waals surface area contributed by atoms with Crippen LogP contribution in [0.5, 0.6) is 5.75 Å². The zero-order chi connectivity index (χ0) is 22.3. The molecule has 31 heavy (non-hydrogen) atoms. The molecular weight excluding hydrogens is 412 g/mol. The largest absolute Gasteiger partial charge is 0.491 e. The SMILES string of the molecule is COCCOc1ccc(S(=O)(=O)Nc2ccccc2CN(C)C2CCCCC2)cc1C. The molecule has 2 aromatic rings. The molecule has 170 valence electrons. The van der Waals surface area contributed by atoms with Crippen LogP contribution in [0.15, 0.2) is 47.4 Å². The summed E-state index contributed by atoms with van der Waals surface area (Å²) in [4.78, 5) is 2.57. The van der Waals surface area contributed by atoms with Crippen LogP contribution in [-0.2, 0) is 21.3 Å². The third-order valence-electron chi connectivity index (χ3n) is 5.88. The highest BCUT2D eigenvalue weighted by Gasteiger charge is 2.21. The van der Waals surface area contributed by atoms with E-state index in [2.05, 4.69) is 16.7 Å². The summed E-state index contributed by atoms with van der Waals surface area (Å²) in [6.07, 6.45) is 6.28. The number of nitrogens with one attached hydrogen (secondary N) is 1. The molecule has 0 spiro atoms. The molecule has 1 N–H and O–H groups in total. The lowest BCUT2D eigenvalue weighted by molar-refractivity contribution is 0.146. The molecule has 0 heterocycles. The minimum atomic E-state index is -3.71. The maximum Gasteiger partial charge on any atom is 0.261 e. The van der Waals surface area contributed by atoms with Crippen LogP contribution in [0.25, 0.3) is 0 Å². The van der Waals surface area contributed by atoms with E-state index in [1.807, 2.05) is 31.2 Å². The van der Waals surface area contributed by atoms with Gasteiger partial charge < -0.3 is 9.47 Å². The van der Waals surface area contributed by atoms with Crippen molar-refractivity contribution >= 4 is 15.7 Å². The van der Waals surface area contributed by atoms with Gasteiger partial charge in [0.1, 0.15) is 12.4 Å². The number of methoxy groups -OCH3 is 1. The van der Waals surface area contributed by atoms with Crippen LogP contribution in [0, 0.1) is 6.92 Å². The van der Waals surface area contributed by atoms with Crippen molar-refractivity contribution < 1.29 is 17.9 Å². The normalized spacial score (nSPS) is 15.2. The smallest absolute Gasteiger partial charge is 0.261 e. The van der Waals surface area contributed by atoms with Crippen molar-refractivity contribution in [2.45, 2.75) is 56.5 Å². The summed E-state index contributed by atoms with van der Waals surface area (Å²) in [5, 5.41) is 0. The number of hydrogen-bond acceptors (Lipinski definition) is 5. The van der Waals surface area contributed by atoms with E-state index in [0.29, 0.717) is 37.2 Å². The highest BCUT2D eigenvalue weighted by molar-refractivity contribution is 7.92. The third kappa shape index (κ3) is 6.45. The summed E-state index contributed by atoms with van der Waals surface area (Å²) in [6, 6.07) is 13.1. The van der Waals surface area contributed by atoms with E-state index >= 15 is 0 Å². The zero-order valence-corrected chi connectivity index (χ0v) is 19.6. The molecule has 0 radical (unpaired) electrons. The lowest BCUT2D eigenvalue weighted by Crippen LogP contribution is -2.33. The van der Waals surface area contributed by atoms with Gasteiger partial charge in [0.2, 0.25) is 0 Å². The topological polar surface area (TPSA) is 67.9 Å². The minimum absolute atomic E-state index is 0.222. The van der Waals surface area contributed by atoms with Crippen molar-refractivity contribution in [2.75, 3.05) is 32.1 Å².